The van der Waals surface area contributed by atoms with Crippen LogP contribution in [0.15, 0.2) is 95.6 Å². The minimum absolute atomic E-state index is 0.303. The first-order chi connectivity index (χ1) is 18.5. The van der Waals surface area contributed by atoms with Gasteiger partial charge in [-0.15, -0.1) is 0 Å². The van der Waals surface area contributed by atoms with Crippen molar-refractivity contribution in [2.24, 2.45) is 5.10 Å². The van der Waals surface area contributed by atoms with Crippen LogP contribution in [0.4, 0.5) is 0 Å². The number of hydrogen-bond donors (Lipinski definition) is 0. The van der Waals surface area contributed by atoms with Crippen molar-refractivity contribution in [2.75, 3.05) is 6.61 Å². The maximum Gasteiger partial charge on any atom is 0.283 e. The third kappa shape index (κ3) is 5.04. The van der Waals surface area contributed by atoms with Gasteiger partial charge in [-0.1, -0.05) is 72.3 Å². The van der Waals surface area contributed by atoms with Crippen LogP contribution in [-0.2, 0) is 11.4 Å². The molecule has 0 unspecified atom stereocenters. The molecular weight excluding hydrogens is 500 g/mol. The fourth-order valence-corrected chi connectivity index (χ4v) is 4.61. The molecule has 0 fully saturated rings. The highest BCUT2D eigenvalue weighted by atomic mass is 35.5. The van der Waals surface area contributed by atoms with Crippen LogP contribution in [0.1, 0.15) is 35.3 Å². The zero-order valence-corrected chi connectivity index (χ0v) is 21.7. The maximum absolute atomic E-state index is 13.1. The van der Waals surface area contributed by atoms with Gasteiger partial charge in [0, 0.05) is 5.56 Å². The van der Waals surface area contributed by atoms with Gasteiger partial charge < -0.3 is 9.47 Å². The standard InChI is InChI=1S/C31H25ClN2O4/c1-3-37-28-18-21(16-26-20(2)33-34(31(26)36)30(35)23-11-5-4-6-12-23)17-27(32)29(28)38-19-24-14-9-13-22-10-7-8-15-25(22)24/h4-18H,3,19H2,1-2H3/b26-16+. The molecule has 0 saturated carbocycles. The Hall–Kier alpha value is -4.42. The molecule has 38 heavy (non-hydrogen) atoms. The van der Waals surface area contributed by atoms with Crippen molar-refractivity contribution >= 4 is 46.0 Å². The number of rotatable bonds is 7. The van der Waals surface area contributed by atoms with Crippen LogP contribution in [0.3, 0.4) is 0 Å². The molecule has 0 aliphatic carbocycles. The van der Waals surface area contributed by atoms with Gasteiger partial charge in [0.25, 0.3) is 11.8 Å². The van der Waals surface area contributed by atoms with Gasteiger partial charge in [0.2, 0.25) is 0 Å². The average molecular weight is 525 g/mol. The number of halogens is 1. The fraction of sp³-hybridized carbons (Fsp3) is 0.129. The molecule has 2 amide bonds. The number of ether oxygens (including phenoxy) is 2. The van der Waals surface area contributed by atoms with Crippen molar-refractivity contribution in [3.05, 3.63) is 112 Å². The molecule has 0 radical (unpaired) electrons. The molecule has 4 aromatic carbocycles. The lowest BCUT2D eigenvalue weighted by atomic mass is 10.1. The molecule has 1 aliphatic heterocycles. The molecule has 0 atom stereocenters. The molecule has 7 heteroatoms. The topological polar surface area (TPSA) is 68.2 Å². The molecule has 0 aromatic heterocycles. The molecular formula is C31H25ClN2O4. The quantitative estimate of drug-likeness (QED) is 0.194. The highest BCUT2D eigenvalue weighted by molar-refractivity contribution is 6.33. The molecule has 0 saturated heterocycles. The number of amides is 2. The van der Waals surface area contributed by atoms with Crippen LogP contribution >= 0.6 is 11.6 Å². The van der Waals surface area contributed by atoms with Crippen LogP contribution in [0, 0.1) is 0 Å². The largest absolute Gasteiger partial charge is 0.490 e. The zero-order valence-electron chi connectivity index (χ0n) is 21.0. The van der Waals surface area contributed by atoms with E-state index in [1.165, 1.54) is 0 Å². The van der Waals surface area contributed by atoms with Gasteiger partial charge in [-0.25, -0.2) is 0 Å². The normalized spacial score (nSPS) is 14.2. The Morgan fingerprint density at radius 2 is 1.71 bits per heavy atom. The Balaban J connectivity index is 1.42. The third-order valence-electron chi connectivity index (χ3n) is 6.17. The zero-order chi connectivity index (χ0) is 26.6. The van der Waals surface area contributed by atoms with E-state index < -0.39 is 11.8 Å². The Bertz CT molecular complexity index is 1590. The van der Waals surface area contributed by atoms with Crippen LogP contribution in [0.25, 0.3) is 16.8 Å². The van der Waals surface area contributed by atoms with Crippen molar-refractivity contribution in [2.45, 2.75) is 20.5 Å². The summed E-state index contributed by atoms with van der Waals surface area (Å²) in [5.41, 5.74) is 2.78. The van der Waals surface area contributed by atoms with Crippen molar-refractivity contribution in [1.82, 2.24) is 5.01 Å². The maximum atomic E-state index is 13.1. The lowest BCUT2D eigenvalue weighted by molar-refractivity contribution is -0.123. The van der Waals surface area contributed by atoms with Gasteiger partial charge in [-0.3, -0.25) is 9.59 Å². The van der Waals surface area contributed by atoms with Crippen LogP contribution in [-0.4, -0.2) is 29.1 Å². The number of imide groups is 1. The van der Waals surface area contributed by atoms with E-state index in [2.05, 4.69) is 23.3 Å². The summed E-state index contributed by atoms with van der Waals surface area (Å²) in [6.07, 6.45) is 1.66. The van der Waals surface area contributed by atoms with E-state index in [1.807, 2.05) is 31.2 Å². The Morgan fingerprint density at radius 3 is 2.50 bits per heavy atom. The molecule has 190 valence electrons. The monoisotopic (exact) mass is 524 g/mol. The van der Waals surface area contributed by atoms with Crippen molar-refractivity contribution in [3.63, 3.8) is 0 Å². The van der Waals surface area contributed by atoms with Crippen LogP contribution < -0.4 is 9.47 Å². The van der Waals surface area contributed by atoms with E-state index in [0.717, 1.165) is 21.3 Å². The molecule has 1 heterocycles. The minimum Gasteiger partial charge on any atom is -0.490 e. The van der Waals surface area contributed by atoms with E-state index in [4.69, 9.17) is 21.1 Å². The summed E-state index contributed by atoms with van der Waals surface area (Å²) in [6, 6.07) is 26.2. The van der Waals surface area contributed by atoms with E-state index >= 15 is 0 Å². The number of hydrazone groups is 1. The van der Waals surface area contributed by atoms with E-state index in [1.54, 1.807) is 55.5 Å². The van der Waals surface area contributed by atoms with Gasteiger partial charge in [-0.05, 0) is 66.1 Å². The number of benzene rings is 4. The smallest absolute Gasteiger partial charge is 0.283 e. The van der Waals surface area contributed by atoms with Crippen LogP contribution in [0.5, 0.6) is 11.5 Å². The van der Waals surface area contributed by atoms with Gasteiger partial charge in [0.1, 0.15) is 6.61 Å². The molecule has 4 aromatic rings. The lowest BCUT2D eigenvalue weighted by Crippen LogP contribution is -2.29. The third-order valence-corrected chi connectivity index (χ3v) is 6.45. The second-order valence-corrected chi connectivity index (χ2v) is 9.13. The summed E-state index contributed by atoms with van der Waals surface area (Å²) in [5, 5.41) is 7.68. The van der Waals surface area contributed by atoms with E-state index in [-0.39, 0.29) is 0 Å². The Kier molecular flexibility index (Phi) is 7.24. The lowest BCUT2D eigenvalue weighted by Gasteiger charge is -2.15. The number of fused-ring (bicyclic) bond motifs is 1. The van der Waals surface area contributed by atoms with E-state index in [9.17, 15) is 9.59 Å². The predicted octanol–water partition coefficient (Wildman–Crippen LogP) is 6.91. The van der Waals surface area contributed by atoms with Crippen LogP contribution in [0.2, 0.25) is 5.02 Å². The Morgan fingerprint density at radius 1 is 0.974 bits per heavy atom. The second-order valence-electron chi connectivity index (χ2n) is 8.72. The number of hydrogen-bond acceptors (Lipinski definition) is 5. The summed E-state index contributed by atoms with van der Waals surface area (Å²) in [7, 11) is 0. The average Bonchev–Trinajstić information content (AvgIpc) is 3.21. The Labute approximate surface area is 225 Å². The highest BCUT2D eigenvalue weighted by Gasteiger charge is 2.33. The van der Waals surface area contributed by atoms with Crippen molar-refractivity contribution < 1.29 is 19.1 Å². The fourth-order valence-electron chi connectivity index (χ4n) is 4.33. The summed E-state index contributed by atoms with van der Waals surface area (Å²) >= 11 is 6.66. The molecule has 0 N–H and O–H groups in total. The summed E-state index contributed by atoms with van der Waals surface area (Å²) in [5.74, 6) is -0.0951. The first kappa shape index (κ1) is 25.2. The summed E-state index contributed by atoms with van der Waals surface area (Å²) in [6.45, 7) is 4.27. The van der Waals surface area contributed by atoms with Gasteiger partial charge >= 0.3 is 0 Å². The second kappa shape index (κ2) is 10.9. The number of carbonyl (C=O) groups is 2. The molecule has 0 bridgehead atoms. The van der Waals surface area contributed by atoms with Gasteiger partial charge in [-0.2, -0.15) is 10.1 Å². The van der Waals surface area contributed by atoms with Crippen molar-refractivity contribution in [3.8, 4) is 11.5 Å². The number of nitrogens with zero attached hydrogens (tertiary/aromatic N) is 2. The van der Waals surface area contributed by atoms with Gasteiger partial charge in [0.15, 0.2) is 11.5 Å². The first-order valence-electron chi connectivity index (χ1n) is 12.2. The molecule has 5 rings (SSSR count). The highest BCUT2D eigenvalue weighted by Crippen LogP contribution is 2.38. The SMILES string of the molecule is CCOc1cc(/C=C2/C(=O)N(C(=O)c3ccccc3)N=C2C)cc(Cl)c1OCc1cccc2ccccc12. The number of carbonyl (C=O) groups excluding carboxylic acids is 2. The summed E-state index contributed by atoms with van der Waals surface area (Å²) < 4.78 is 12.0. The van der Waals surface area contributed by atoms with E-state index in [0.29, 0.717) is 52.1 Å². The molecule has 1 aliphatic rings. The first-order valence-corrected chi connectivity index (χ1v) is 12.6. The predicted molar refractivity (Wildman–Crippen MR) is 150 cm³/mol. The molecule has 0 spiro atoms. The van der Waals surface area contributed by atoms with Crippen molar-refractivity contribution in [1.29, 1.82) is 0 Å². The molecule has 6 nitrogen and oxygen atoms in total. The van der Waals surface area contributed by atoms with Gasteiger partial charge in [0.05, 0.1) is 22.9 Å². The summed E-state index contributed by atoms with van der Waals surface area (Å²) in [4.78, 5) is 25.9. The minimum atomic E-state index is -0.498.